The van der Waals surface area contributed by atoms with E-state index in [0.717, 1.165) is 11.1 Å². The minimum absolute atomic E-state index is 0.0615. The molecule has 0 saturated carbocycles. The van der Waals surface area contributed by atoms with Gasteiger partial charge >= 0.3 is 0 Å². The molecule has 1 atom stereocenters. The summed E-state index contributed by atoms with van der Waals surface area (Å²) in [6.45, 7) is 9.12. The zero-order valence-electron chi connectivity index (χ0n) is 18.7. The van der Waals surface area contributed by atoms with Crippen LogP contribution in [0.1, 0.15) is 54.0 Å². The lowest BCUT2D eigenvalue weighted by Crippen LogP contribution is -2.34. The number of hydrogen-bond donors (Lipinski definition) is 1. The van der Waals surface area contributed by atoms with Gasteiger partial charge in [-0.15, -0.1) is 0 Å². The number of nitrogens with one attached hydrogen (secondary N) is 1. The smallest absolute Gasteiger partial charge is 0.273 e. The molecule has 2 aromatic carbocycles. The van der Waals surface area contributed by atoms with Gasteiger partial charge in [0, 0.05) is 18.2 Å². The molecule has 3 aromatic rings. The lowest BCUT2D eigenvalue weighted by molar-refractivity contribution is 0.0933. The van der Waals surface area contributed by atoms with Crippen molar-refractivity contribution >= 4 is 5.91 Å². The zero-order valence-corrected chi connectivity index (χ0v) is 18.7. The van der Waals surface area contributed by atoms with Gasteiger partial charge in [-0.25, -0.2) is 0 Å². The van der Waals surface area contributed by atoms with Crippen LogP contribution in [0.25, 0.3) is 11.3 Å². The monoisotopic (exact) mass is 405 g/mol. The molecule has 0 bridgehead atoms. The summed E-state index contributed by atoms with van der Waals surface area (Å²) >= 11 is 0. The summed E-state index contributed by atoms with van der Waals surface area (Å²) in [7, 11) is 4.03. The molecular weight excluding hydrogens is 374 g/mol. The Morgan fingerprint density at radius 2 is 1.70 bits per heavy atom. The number of likely N-dealkylation sites (N-methyl/N-ethyl adjacent to an activating group) is 1. The van der Waals surface area contributed by atoms with E-state index in [0.29, 0.717) is 12.3 Å². The maximum absolute atomic E-state index is 12.6. The van der Waals surface area contributed by atoms with Crippen molar-refractivity contribution in [2.24, 2.45) is 0 Å². The van der Waals surface area contributed by atoms with E-state index in [-0.39, 0.29) is 23.1 Å². The molecule has 0 aliphatic rings. The zero-order chi connectivity index (χ0) is 21.9. The standard InChI is InChI=1S/C25H31N3O2/c1-17-7-9-19(10-8-17)23-15-21(27-30-23)24(29)26-16-22(28(5)6)18-11-13-20(14-12-18)25(2,3)4/h7-15,22H,16H2,1-6H3,(H,26,29)/t22-/m1/s1. The Hall–Kier alpha value is -2.92. The van der Waals surface area contributed by atoms with Crippen molar-refractivity contribution < 1.29 is 9.32 Å². The molecular formula is C25H31N3O2. The number of nitrogens with zero attached hydrogens (tertiary/aromatic N) is 2. The Kier molecular flexibility index (Phi) is 6.42. The fourth-order valence-corrected chi connectivity index (χ4v) is 3.32. The van der Waals surface area contributed by atoms with E-state index in [9.17, 15) is 4.79 Å². The molecule has 0 radical (unpaired) electrons. The van der Waals surface area contributed by atoms with Crippen LogP contribution >= 0.6 is 0 Å². The van der Waals surface area contributed by atoms with E-state index in [1.807, 2.05) is 45.3 Å². The highest BCUT2D eigenvalue weighted by Gasteiger charge is 2.20. The van der Waals surface area contributed by atoms with Crippen LogP contribution < -0.4 is 5.32 Å². The molecule has 0 saturated heterocycles. The van der Waals surface area contributed by atoms with Gasteiger partial charge in [0.15, 0.2) is 11.5 Å². The largest absolute Gasteiger partial charge is 0.355 e. The third kappa shape index (κ3) is 5.16. The van der Waals surface area contributed by atoms with Crippen molar-refractivity contribution in [1.29, 1.82) is 0 Å². The normalized spacial score (nSPS) is 12.8. The minimum atomic E-state index is -0.240. The van der Waals surface area contributed by atoms with Gasteiger partial charge in [0.1, 0.15) is 0 Å². The molecule has 0 unspecified atom stereocenters. The van der Waals surface area contributed by atoms with Crippen molar-refractivity contribution in [3.63, 3.8) is 0 Å². The number of aryl methyl sites for hydroxylation is 1. The SMILES string of the molecule is Cc1ccc(-c2cc(C(=O)NC[C@H](c3ccc(C(C)(C)C)cc3)N(C)C)no2)cc1. The number of rotatable bonds is 6. The van der Waals surface area contributed by atoms with Crippen LogP contribution in [0.4, 0.5) is 0 Å². The van der Waals surface area contributed by atoms with Crippen LogP contribution in [0.5, 0.6) is 0 Å². The van der Waals surface area contributed by atoms with Crippen LogP contribution in [-0.2, 0) is 5.41 Å². The van der Waals surface area contributed by atoms with Gasteiger partial charge in [-0.2, -0.15) is 0 Å². The lowest BCUT2D eigenvalue weighted by atomic mass is 9.86. The average Bonchev–Trinajstić information content (AvgIpc) is 3.18. The maximum atomic E-state index is 12.6. The topological polar surface area (TPSA) is 58.4 Å². The third-order valence-corrected chi connectivity index (χ3v) is 5.32. The number of carbonyl (C=O) groups is 1. The van der Waals surface area contributed by atoms with Crippen LogP contribution in [0.2, 0.25) is 0 Å². The molecule has 1 aromatic heterocycles. The first-order valence-electron chi connectivity index (χ1n) is 10.2. The Bertz CT molecular complexity index is 980. The van der Waals surface area contributed by atoms with Gasteiger partial charge in [-0.05, 0) is 37.6 Å². The van der Waals surface area contributed by atoms with Gasteiger partial charge in [-0.1, -0.05) is 80.0 Å². The highest BCUT2D eigenvalue weighted by Crippen LogP contribution is 2.25. The molecule has 0 fully saturated rings. The van der Waals surface area contributed by atoms with E-state index in [4.69, 9.17) is 4.52 Å². The quantitative estimate of drug-likeness (QED) is 0.628. The average molecular weight is 406 g/mol. The van der Waals surface area contributed by atoms with Crippen LogP contribution in [0, 0.1) is 6.92 Å². The summed E-state index contributed by atoms with van der Waals surface area (Å²) in [5, 5.41) is 6.94. The second-order valence-electron chi connectivity index (χ2n) is 9.00. The molecule has 1 amide bonds. The van der Waals surface area contributed by atoms with Gasteiger partial charge in [0.25, 0.3) is 5.91 Å². The van der Waals surface area contributed by atoms with E-state index < -0.39 is 0 Å². The molecule has 158 valence electrons. The molecule has 30 heavy (non-hydrogen) atoms. The highest BCUT2D eigenvalue weighted by molar-refractivity contribution is 5.93. The predicted molar refractivity (Wildman–Crippen MR) is 121 cm³/mol. The number of aromatic nitrogens is 1. The fraction of sp³-hybridized carbons (Fsp3) is 0.360. The first kappa shape index (κ1) is 21.8. The predicted octanol–water partition coefficient (Wildman–Crippen LogP) is 4.98. The van der Waals surface area contributed by atoms with E-state index in [1.165, 1.54) is 11.1 Å². The molecule has 1 heterocycles. The van der Waals surface area contributed by atoms with Crippen LogP contribution in [0.3, 0.4) is 0 Å². The summed E-state index contributed by atoms with van der Waals surface area (Å²) < 4.78 is 5.37. The van der Waals surface area contributed by atoms with E-state index >= 15 is 0 Å². The first-order chi connectivity index (χ1) is 14.1. The second-order valence-corrected chi connectivity index (χ2v) is 9.00. The summed E-state index contributed by atoms with van der Waals surface area (Å²) in [6.07, 6.45) is 0. The summed E-state index contributed by atoms with van der Waals surface area (Å²) in [6, 6.07) is 18.3. The van der Waals surface area contributed by atoms with Crippen LogP contribution in [-0.4, -0.2) is 36.6 Å². The Morgan fingerprint density at radius 3 is 2.27 bits per heavy atom. The molecule has 5 heteroatoms. The molecule has 0 aliphatic heterocycles. The third-order valence-electron chi connectivity index (χ3n) is 5.32. The van der Waals surface area contributed by atoms with Crippen molar-refractivity contribution in [1.82, 2.24) is 15.4 Å². The molecule has 0 aliphatic carbocycles. The summed E-state index contributed by atoms with van der Waals surface area (Å²) in [4.78, 5) is 14.7. The lowest BCUT2D eigenvalue weighted by Gasteiger charge is -2.26. The first-order valence-corrected chi connectivity index (χ1v) is 10.2. The van der Waals surface area contributed by atoms with Gasteiger partial charge < -0.3 is 14.7 Å². The fourth-order valence-electron chi connectivity index (χ4n) is 3.32. The van der Waals surface area contributed by atoms with Gasteiger partial charge in [-0.3, -0.25) is 4.79 Å². The molecule has 0 spiro atoms. The maximum Gasteiger partial charge on any atom is 0.273 e. The Morgan fingerprint density at radius 1 is 1.07 bits per heavy atom. The minimum Gasteiger partial charge on any atom is -0.355 e. The molecule has 1 N–H and O–H groups in total. The Labute approximate surface area is 179 Å². The van der Waals surface area contributed by atoms with E-state index in [2.05, 4.69) is 60.4 Å². The van der Waals surface area contributed by atoms with Crippen molar-refractivity contribution in [3.05, 3.63) is 77.0 Å². The van der Waals surface area contributed by atoms with Crippen molar-refractivity contribution in [3.8, 4) is 11.3 Å². The summed E-state index contributed by atoms with van der Waals surface area (Å²) in [5.41, 5.74) is 4.92. The summed E-state index contributed by atoms with van der Waals surface area (Å²) in [5.74, 6) is 0.345. The molecule has 3 rings (SSSR count). The number of amides is 1. The highest BCUT2D eigenvalue weighted by atomic mass is 16.5. The van der Waals surface area contributed by atoms with Crippen molar-refractivity contribution in [2.45, 2.75) is 39.2 Å². The van der Waals surface area contributed by atoms with Crippen LogP contribution in [0.15, 0.2) is 59.1 Å². The number of benzene rings is 2. The van der Waals surface area contributed by atoms with Gasteiger partial charge in [0.2, 0.25) is 0 Å². The van der Waals surface area contributed by atoms with Crippen molar-refractivity contribution in [2.75, 3.05) is 20.6 Å². The second kappa shape index (κ2) is 8.84. The Balaban J connectivity index is 1.68. The van der Waals surface area contributed by atoms with E-state index in [1.54, 1.807) is 6.07 Å². The number of hydrogen-bond acceptors (Lipinski definition) is 4. The van der Waals surface area contributed by atoms with Gasteiger partial charge in [0.05, 0.1) is 6.04 Å². The number of carbonyl (C=O) groups excluding carboxylic acids is 1. The molecule has 5 nitrogen and oxygen atoms in total.